The Morgan fingerprint density at radius 2 is 1.57 bits per heavy atom. The Balaban J connectivity index is 1.45. The number of para-hydroxylation sites is 1. The average Bonchev–Trinajstić information content (AvgIpc) is 3.36. The van der Waals surface area contributed by atoms with Crippen LogP contribution < -0.4 is 9.47 Å². The Morgan fingerprint density at radius 3 is 2.32 bits per heavy atom. The topological polar surface area (TPSA) is 33.4 Å². The summed E-state index contributed by atoms with van der Waals surface area (Å²) in [5.41, 5.74) is 4.93. The van der Waals surface area contributed by atoms with Crippen molar-refractivity contribution in [2.24, 2.45) is 0 Å². The van der Waals surface area contributed by atoms with Crippen molar-refractivity contribution in [2.45, 2.75) is 25.8 Å². The summed E-state index contributed by atoms with van der Waals surface area (Å²) in [5.74, 6) is 0. The van der Waals surface area contributed by atoms with Gasteiger partial charge in [-0.2, -0.15) is 4.57 Å². The molecule has 4 nitrogen and oxygen atoms in total. The first-order valence-electron chi connectivity index (χ1n) is 12.6. The minimum Gasteiger partial charge on any atom is -0.461 e. The molecule has 0 atom stereocenters. The van der Waals surface area contributed by atoms with E-state index in [9.17, 15) is 4.79 Å². The largest absolute Gasteiger partial charge is 0.461 e. The summed E-state index contributed by atoms with van der Waals surface area (Å²) >= 11 is 1.75. The molecule has 0 aliphatic carbocycles. The van der Waals surface area contributed by atoms with Gasteiger partial charge in [-0.25, -0.2) is 0 Å². The van der Waals surface area contributed by atoms with Crippen LogP contribution in [-0.4, -0.2) is 20.1 Å². The zero-order valence-electron chi connectivity index (χ0n) is 21.3. The van der Waals surface area contributed by atoms with Crippen molar-refractivity contribution < 1.29 is 14.1 Å². The summed E-state index contributed by atoms with van der Waals surface area (Å²) in [7, 11) is 2.19. The van der Waals surface area contributed by atoms with Gasteiger partial charge < -0.3 is 9.64 Å². The fraction of sp³-hybridized carbons (Fsp3) is 0.188. The van der Waals surface area contributed by atoms with Gasteiger partial charge in [-0.15, -0.1) is 0 Å². The van der Waals surface area contributed by atoms with E-state index in [4.69, 9.17) is 4.74 Å². The molecular formula is C32H29N2O2S+. The number of carbonyl (C=O) groups is 1. The van der Waals surface area contributed by atoms with Crippen LogP contribution in [0.5, 0.6) is 0 Å². The van der Waals surface area contributed by atoms with E-state index in [1.165, 1.54) is 43.2 Å². The molecule has 2 heterocycles. The van der Waals surface area contributed by atoms with Crippen LogP contribution in [-0.2, 0) is 21.5 Å². The molecule has 1 aliphatic heterocycles. The first kappa shape index (κ1) is 23.4. The van der Waals surface area contributed by atoms with Crippen molar-refractivity contribution in [3.05, 3.63) is 101 Å². The molecule has 0 spiro atoms. The third kappa shape index (κ3) is 3.73. The van der Waals surface area contributed by atoms with Crippen LogP contribution in [0.2, 0.25) is 0 Å². The fourth-order valence-corrected chi connectivity index (χ4v) is 7.01. The zero-order chi connectivity index (χ0) is 25.6. The number of allylic oxidation sites excluding steroid dienone is 3. The van der Waals surface area contributed by atoms with Crippen molar-refractivity contribution in [1.82, 2.24) is 0 Å². The van der Waals surface area contributed by atoms with Crippen molar-refractivity contribution in [3.63, 3.8) is 0 Å². The van der Waals surface area contributed by atoms with Gasteiger partial charge in [0.1, 0.15) is 11.3 Å². The lowest BCUT2D eigenvalue weighted by Gasteiger charge is -2.24. The fourth-order valence-electron chi connectivity index (χ4n) is 5.91. The Labute approximate surface area is 220 Å². The molecule has 0 N–H and O–H groups in total. The molecule has 0 saturated carbocycles. The second-order valence-corrected chi connectivity index (χ2v) is 11.0. The number of aromatic nitrogens is 1. The number of fused-ring (bicyclic) bond motifs is 7. The molecule has 6 rings (SSSR count). The van der Waals surface area contributed by atoms with Crippen molar-refractivity contribution in [1.29, 1.82) is 0 Å². The molecule has 0 unspecified atom stereocenters. The van der Waals surface area contributed by atoms with Crippen LogP contribution in [0.15, 0.2) is 90.6 Å². The molecule has 0 amide bonds. The molecular weight excluding hydrogens is 476 g/mol. The highest BCUT2D eigenvalue weighted by molar-refractivity contribution is 7.18. The Hall–Kier alpha value is -3.96. The number of thiazole rings is 1. The van der Waals surface area contributed by atoms with E-state index >= 15 is 0 Å². The summed E-state index contributed by atoms with van der Waals surface area (Å²) in [5, 5.41) is 6.33. The van der Waals surface area contributed by atoms with E-state index in [0.717, 1.165) is 10.5 Å². The van der Waals surface area contributed by atoms with Gasteiger partial charge >= 0.3 is 0 Å². The minimum absolute atomic E-state index is 0.161. The van der Waals surface area contributed by atoms with Gasteiger partial charge in [0.05, 0.1) is 5.69 Å². The number of nitrogens with zero attached hydrogens (tertiary/aromatic N) is 2. The molecule has 0 radical (unpaired) electrons. The SMILES string of the molecule is CN1C(=CC=Cc2sc3ccccc3[n+]2CCOC=O)C(C)(C)c2c1c1ccccc1c1ccccc21. The maximum Gasteiger partial charge on any atom is 0.293 e. The van der Waals surface area contributed by atoms with E-state index in [1.807, 2.05) is 6.07 Å². The van der Waals surface area contributed by atoms with Gasteiger partial charge in [-0.05, 0) is 33.9 Å². The van der Waals surface area contributed by atoms with E-state index in [2.05, 4.69) is 115 Å². The number of anilines is 1. The molecule has 5 heteroatoms. The highest BCUT2D eigenvalue weighted by Gasteiger charge is 2.41. The Bertz CT molecular complexity index is 1730. The molecule has 1 aliphatic rings. The number of ether oxygens (including phenoxy) is 1. The van der Waals surface area contributed by atoms with Crippen LogP contribution in [0, 0.1) is 0 Å². The van der Waals surface area contributed by atoms with Gasteiger partial charge in [0.25, 0.3) is 11.5 Å². The lowest BCUT2D eigenvalue weighted by molar-refractivity contribution is -0.669. The summed E-state index contributed by atoms with van der Waals surface area (Å²) in [4.78, 5) is 13.1. The normalized spacial score (nSPS) is 15.9. The van der Waals surface area contributed by atoms with Crippen molar-refractivity contribution >= 4 is 61.3 Å². The zero-order valence-corrected chi connectivity index (χ0v) is 22.1. The van der Waals surface area contributed by atoms with Crippen LogP contribution in [0.3, 0.4) is 0 Å². The number of hydrogen-bond donors (Lipinski definition) is 0. The molecule has 37 heavy (non-hydrogen) atoms. The van der Waals surface area contributed by atoms with E-state index in [1.54, 1.807) is 11.3 Å². The number of rotatable bonds is 6. The molecule has 0 bridgehead atoms. The highest BCUT2D eigenvalue weighted by atomic mass is 32.1. The number of likely N-dealkylation sites (N-methyl/N-ethyl adjacent to an activating group) is 1. The van der Waals surface area contributed by atoms with Gasteiger partial charge in [0.15, 0.2) is 6.54 Å². The number of benzene rings is 4. The molecule has 5 aromatic rings. The standard InChI is InChI=1S/C32H29N2O2S/c1-32(2)28(17-10-18-29-34(19-20-36-21-35)26-15-8-9-16-27(26)37-29)33(3)31-25-14-7-5-12-23(25)22-11-4-6-13-24(22)30(31)32/h4-18,21H,19-20H2,1-3H3/q+1. The minimum atomic E-state index is -0.161. The van der Waals surface area contributed by atoms with Crippen LogP contribution in [0.1, 0.15) is 24.4 Å². The second kappa shape index (κ2) is 9.16. The maximum atomic E-state index is 10.7. The molecule has 0 fully saturated rings. The second-order valence-electron chi connectivity index (χ2n) is 9.94. The predicted octanol–water partition coefficient (Wildman–Crippen LogP) is 6.99. The number of hydrogen-bond acceptors (Lipinski definition) is 4. The molecule has 4 aromatic carbocycles. The predicted molar refractivity (Wildman–Crippen MR) is 154 cm³/mol. The molecule has 1 aromatic heterocycles. The van der Waals surface area contributed by atoms with Gasteiger partial charge in [0.2, 0.25) is 5.52 Å². The summed E-state index contributed by atoms with van der Waals surface area (Å²) in [6.45, 7) is 6.13. The summed E-state index contributed by atoms with van der Waals surface area (Å²) in [6, 6.07) is 25.9. The van der Waals surface area contributed by atoms with Crippen LogP contribution in [0.4, 0.5) is 5.69 Å². The average molecular weight is 506 g/mol. The van der Waals surface area contributed by atoms with E-state index in [-0.39, 0.29) is 5.41 Å². The monoisotopic (exact) mass is 505 g/mol. The molecule has 184 valence electrons. The first-order chi connectivity index (χ1) is 18.0. The highest BCUT2D eigenvalue weighted by Crippen LogP contribution is 2.53. The quantitative estimate of drug-likeness (QED) is 0.108. The van der Waals surface area contributed by atoms with Crippen molar-refractivity contribution in [2.75, 3.05) is 18.6 Å². The third-order valence-electron chi connectivity index (χ3n) is 7.50. The first-order valence-corrected chi connectivity index (χ1v) is 13.4. The molecule has 0 saturated heterocycles. The summed E-state index contributed by atoms with van der Waals surface area (Å²) in [6.07, 6.45) is 6.58. The Morgan fingerprint density at radius 1 is 0.919 bits per heavy atom. The van der Waals surface area contributed by atoms with Gasteiger partial charge in [-0.3, -0.25) is 4.79 Å². The smallest absolute Gasteiger partial charge is 0.293 e. The van der Waals surface area contributed by atoms with Gasteiger partial charge in [0, 0.05) is 35.7 Å². The summed E-state index contributed by atoms with van der Waals surface area (Å²) < 4.78 is 8.44. The van der Waals surface area contributed by atoms with E-state index in [0.29, 0.717) is 19.6 Å². The third-order valence-corrected chi connectivity index (χ3v) is 8.63. The Kier molecular flexibility index (Phi) is 5.81. The van der Waals surface area contributed by atoms with Gasteiger partial charge in [-0.1, -0.05) is 91.9 Å². The number of carbonyl (C=O) groups excluding carboxylic acids is 1. The van der Waals surface area contributed by atoms with Crippen LogP contribution in [0.25, 0.3) is 37.8 Å². The van der Waals surface area contributed by atoms with Crippen molar-refractivity contribution in [3.8, 4) is 0 Å². The maximum absolute atomic E-state index is 10.7. The van der Waals surface area contributed by atoms with Crippen LogP contribution >= 0.6 is 11.3 Å². The lowest BCUT2D eigenvalue weighted by Crippen LogP contribution is -2.37. The van der Waals surface area contributed by atoms with E-state index < -0.39 is 0 Å². The lowest BCUT2D eigenvalue weighted by atomic mass is 9.80.